The van der Waals surface area contributed by atoms with Crippen molar-refractivity contribution in [2.75, 3.05) is 5.32 Å². The first kappa shape index (κ1) is 15.7. The molecule has 0 aliphatic rings. The van der Waals surface area contributed by atoms with E-state index in [0.717, 1.165) is 14.9 Å². The summed E-state index contributed by atoms with van der Waals surface area (Å²) in [5.41, 5.74) is 2.29. The maximum atomic E-state index is 12.3. The second-order valence-electron chi connectivity index (χ2n) is 4.76. The number of nitrogens with one attached hydrogen (secondary N) is 1. The van der Waals surface area contributed by atoms with Gasteiger partial charge in [-0.05, 0) is 50.1 Å². The second kappa shape index (κ2) is 5.99. The topological polar surface area (TPSA) is 66.4 Å². The van der Waals surface area contributed by atoms with Gasteiger partial charge in [0.15, 0.2) is 0 Å². The fourth-order valence-electron chi connectivity index (χ4n) is 2.02. The van der Waals surface area contributed by atoms with Crippen LogP contribution in [0.4, 0.5) is 5.00 Å². The molecule has 0 unspecified atom stereocenters. The van der Waals surface area contributed by atoms with Crippen LogP contribution >= 0.6 is 27.3 Å². The van der Waals surface area contributed by atoms with Crippen molar-refractivity contribution in [2.45, 2.75) is 20.8 Å². The van der Waals surface area contributed by atoms with Crippen molar-refractivity contribution in [2.24, 2.45) is 0 Å². The maximum absolute atomic E-state index is 12.3. The Hall–Kier alpha value is -1.66. The average Bonchev–Trinajstić information content (AvgIpc) is 2.63. The number of carboxylic acid groups (broad SMARTS) is 1. The number of carbonyl (C=O) groups is 2. The molecule has 2 rings (SSSR count). The van der Waals surface area contributed by atoms with E-state index in [2.05, 4.69) is 21.2 Å². The van der Waals surface area contributed by atoms with Crippen molar-refractivity contribution in [3.8, 4) is 0 Å². The van der Waals surface area contributed by atoms with E-state index in [1.54, 1.807) is 19.1 Å². The smallest absolute Gasteiger partial charge is 0.338 e. The van der Waals surface area contributed by atoms with Crippen LogP contribution in [-0.2, 0) is 0 Å². The molecule has 0 aliphatic heterocycles. The molecule has 6 heteroatoms. The molecular formula is C15H14BrNO3S. The van der Waals surface area contributed by atoms with E-state index in [0.29, 0.717) is 16.1 Å². The Morgan fingerprint density at radius 1 is 1.19 bits per heavy atom. The molecule has 0 aliphatic carbocycles. The molecule has 110 valence electrons. The molecule has 0 spiro atoms. The van der Waals surface area contributed by atoms with Gasteiger partial charge in [0, 0.05) is 14.9 Å². The van der Waals surface area contributed by atoms with Gasteiger partial charge in [-0.1, -0.05) is 15.9 Å². The zero-order chi connectivity index (χ0) is 15.7. The first-order valence-electron chi connectivity index (χ1n) is 6.21. The van der Waals surface area contributed by atoms with Gasteiger partial charge in [-0.2, -0.15) is 0 Å². The Bertz CT molecular complexity index is 717. The third-order valence-electron chi connectivity index (χ3n) is 3.13. The molecule has 2 N–H and O–H groups in total. The van der Waals surface area contributed by atoms with Crippen molar-refractivity contribution >= 4 is 44.1 Å². The largest absolute Gasteiger partial charge is 0.478 e. The molecule has 0 saturated heterocycles. The normalized spacial score (nSPS) is 10.5. The van der Waals surface area contributed by atoms with Crippen LogP contribution in [0.1, 0.15) is 36.7 Å². The van der Waals surface area contributed by atoms with Gasteiger partial charge in [0.2, 0.25) is 0 Å². The summed E-state index contributed by atoms with van der Waals surface area (Å²) in [6, 6.07) is 5.36. The van der Waals surface area contributed by atoms with Crippen molar-refractivity contribution in [1.82, 2.24) is 0 Å². The Balaban J connectivity index is 2.36. The quantitative estimate of drug-likeness (QED) is 0.845. The number of aryl methyl sites for hydroxylation is 2. The summed E-state index contributed by atoms with van der Waals surface area (Å²) in [6.45, 7) is 5.48. The number of rotatable bonds is 3. The molecule has 21 heavy (non-hydrogen) atoms. The monoisotopic (exact) mass is 367 g/mol. The minimum Gasteiger partial charge on any atom is -0.478 e. The van der Waals surface area contributed by atoms with Gasteiger partial charge in [0.25, 0.3) is 5.91 Å². The molecule has 1 aromatic heterocycles. The lowest BCUT2D eigenvalue weighted by Crippen LogP contribution is -2.13. The van der Waals surface area contributed by atoms with Gasteiger partial charge in [-0.15, -0.1) is 11.3 Å². The molecule has 0 saturated carbocycles. The van der Waals surface area contributed by atoms with Crippen LogP contribution in [-0.4, -0.2) is 17.0 Å². The van der Waals surface area contributed by atoms with E-state index in [-0.39, 0.29) is 11.5 Å². The molecule has 4 nitrogen and oxygen atoms in total. The van der Waals surface area contributed by atoms with E-state index in [1.807, 2.05) is 19.9 Å². The van der Waals surface area contributed by atoms with Gasteiger partial charge in [0.05, 0.1) is 5.56 Å². The second-order valence-corrected chi connectivity index (χ2v) is 6.90. The summed E-state index contributed by atoms with van der Waals surface area (Å²) >= 11 is 4.62. The minimum atomic E-state index is -1.03. The van der Waals surface area contributed by atoms with E-state index < -0.39 is 5.97 Å². The van der Waals surface area contributed by atoms with Crippen LogP contribution in [0.25, 0.3) is 0 Å². The van der Waals surface area contributed by atoms with Crippen molar-refractivity contribution in [3.05, 3.63) is 49.8 Å². The highest BCUT2D eigenvalue weighted by molar-refractivity contribution is 9.10. The molecule has 2 aromatic rings. The van der Waals surface area contributed by atoms with E-state index in [4.69, 9.17) is 0 Å². The first-order valence-corrected chi connectivity index (χ1v) is 7.82. The van der Waals surface area contributed by atoms with Crippen LogP contribution in [0.15, 0.2) is 22.7 Å². The van der Waals surface area contributed by atoms with Crippen LogP contribution in [0.2, 0.25) is 0 Å². The summed E-state index contributed by atoms with van der Waals surface area (Å²) in [6.07, 6.45) is 0. The molecule has 1 aromatic carbocycles. The predicted molar refractivity (Wildman–Crippen MR) is 87.6 cm³/mol. The summed E-state index contributed by atoms with van der Waals surface area (Å²) in [5, 5.41) is 12.4. The minimum absolute atomic E-state index is 0.164. The number of hydrogen-bond donors (Lipinski definition) is 2. The first-order chi connectivity index (χ1) is 9.79. The van der Waals surface area contributed by atoms with Gasteiger partial charge < -0.3 is 10.4 Å². The molecular weight excluding hydrogens is 354 g/mol. The number of thiophene rings is 1. The fraction of sp³-hybridized carbons (Fsp3) is 0.200. The van der Waals surface area contributed by atoms with Crippen LogP contribution in [0, 0.1) is 20.8 Å². The molecule has 1 amide bonds. The summed E-state index contributed by atoms with van der Waals surface area (Å²) in [7, 11) is 0. The van der Waals surface area contributed by atoms with Crippen LogP contribution in [0.3, 0.4) is 0 Å². The lowest BCUT2D eigenvalue weighted by Gasteiger charge is -2.06. The van der Waals surface area contributed by atoms with E-state index in [1.165, 1.54) is 11.3 Å². The Labute approximate surface area is 134 Å². The molecule has 0 atom stereocenters. The van der Waals surface area contributed by atoms with Gasteiger partial charge in [-0.25, -0.2) is 4.79 Å². The number of anilines is 1. The third kappa shape index (κ3) is 3.33. The van der Waals surface area contributed by atoms with Crippen LogP contribution < -0.4 is 5.32 Å². The Kier molecular flexibility index (Phi) is 4.49. The lowest BCUT2D eigenvalue weighted by atomic mass is 10.1. The highest BCUT2D eigenvalue weighted by Gasteiger charge is 2.20. The van der Waals surface area contributed by atoms with Crippen LogP contribution in [0.5, 0.6) is 0 Å². The number of halogens is 1. The average molecular weight is 368 g/mol. The van der Waals surface area contributed by atoms with Gasteiger partial charge >= 0.3 is 5.97 Å². The molecule has 0 radical (unpaired) electrons. The van der Waals surface area contributed by atoms with Crippen molar-refractivity contribution < 1.29 is 14.7 Å². The number of hydrogen-bond acceptors (Lipinski definition) is 3. The molecule has 0 bridgehead atoms. The Morgan fingerprint density at radius 2 is 1.86 bits per heavy atom. The lowest BCUT2D eigenvalue weighted by molar-refractivity contribution is 0.0697. The standard InChI is InChI=1S/C15H14BrNO3S/c1-7-4-10(6-11(16)5-7)13(18)17-14-12(15(19)20)8(2)9(3)21-14/h4-6H,1-3H3,(H,17,18)(H,19,20). The van der Waals surface area contributed by atoms with Crippen molar-refractivity contribution in [1.29, 1.82) is 0 Å². The highest BCUT2D eigenvalue weighted by atomic mass is 79.9. The van der Waals surface area contributed by atoms with E-state index >= 15 is 0 Å². The number of carboxylic acids is 1. The molecule has 0 fully saturated rings. The third-order valence-corrected chi connectivity index (χ3v) is 4.71. The maximum Gasteiger partial charge on any atom is 0.338 e. The number of carbonyl (C=O) groups excluding carboxylic acids is 1. The predicted octanol–water partition coefficient (Wildman–Crippen LogP) is 4.39. The van der Waals surface area contributed by atoms with E-state index in [9.17, 15) is 14.7 Å². The zero-order valence-corrected chi connectivity index (χ0v) is 14.2. The van der Waals surface area contributed by atoms with Crippen molar-refractivity contribution in [3.63, 3.8) is 0 Å². The zero-order valence-electron chi connectivity index (χ0n) is 11.8. The molecule has 1 heterocycles. The number of aromatic carboxylic acids is 1. The SMILES string of the molecule is Cc1cc(Br)cc(C(=O)Nc2sc(C)c(C)c2C(=O)O)c1. The van der Waals surface area contributed by atoms with Gasteiger partial charge in [0.1, 0.15) is 5.00 Å². The Morgan fingerprint density at radius 3 is 2.43 bits per heavy atom. The summed E-state index contributed by atoms with van der Waals surface area (Å²) in [5.74, 6) is -1.35. The number of amides is 1. The highest BCUT2D eigenvalue weighted by Crippen LogP contribution is 2.32. The van der Waals surface area contributed by atoms with Gasteiger partial charge in [-0.3, -0.25) is 4.79 Å². The fourth-order valence-corrected chi connectivity index (χ4v) is 3.67. The summed E-state index contributed by atoms with van der Waals surface area (Å²) < 4.78 is 0.810. The number of benzene rings is 1. The summed E-state index contributed by atoms with van der Waals surface area (Å²) in [4.78, 5) is 24.5.